The van der Waals surface area contributed by atoms with E-state index < -0.39 is 10.8 Å². The first-order chi connectivity index (χ1) is 15.9. The normalized spacial score (nSPS) is 10.9. The van der Waals surface area contributed by atoms with Crippen molar-refractivity contribution >= 4 is 62.4 Å². The van der Waals surface area contributed by atoms with Crippen LogP contribution in [0, 0.1) is 10.1 Å². The zero-order valence-corrected chi connectivity index (χ0v) is 18.4. The van der Waals surface area contributed by atoms with Crippen LogP contribution in [0.25, 0.3) is 10.1 Å². The van der Waals surface area contributed by atoms with Gasteiger partial charge in [-0.3, -0.25) is 19.7 Å². The molecule has 33 heavy (non-hydrogen) atoms. The summed E-state index contributed by atoms with van der Waals surface area (Å²) in [7, 11) is 0. The summed E-state index contributed by atoms with van der Waals surface area (Å²) in [6.45, 7) is 0. The van der Waals surface area contributed by atoms with E-state index in [0.717, 1.165) is 10.1 Å². The van der Waals surface area contributed by atoms with Crippen molar-refractivity contribution in [3.05, 3.63) is 104 Å². The van der Waals surface area contributed by atoms with Crippen LogP contribution in [0.5, 0.6) is 0 Å². The average Bonchev–Trinajstić information content (AvgIpc) is 3.16. The Labute approximate surface area is 196 Å². The number of benzene rings is 3. The number of nitro groups is 1. The maximum Gasteiger partial charge on any atom is 0.271 e. The van der Waals surface area contributed by atoms with Crippen molar-refractivity contribution in [3.63, 3.8) is 0 Å². The highest BCUT2D eigenvalue weighted by Crippen LogP contribution is 2.35. The molecule has 0 radical (unpaired) electrons. The highest BCUT2D eigenvalue weighted by atomic mass is 35.5. The molecule has 0 atom stereocenters. The van der Waals surface area contributed by atoms with Gasteiger partial charge in [0.05, 0.1) is 16.2 Å². The van der Waals surface area contributed by atoms with Crippen molar-refractivity contribution < 1.29 is 14.5 Å². The number of hydrogen-bond donors (Lipinski definition) is 2. The van der Waals surface area contributed by atoms with Crippen LogP contribution in [0.2, 0.25) is 5.02 Å². The third-order valence-corrected chi connectivity index (χ3v) is 6.30. The van der Waals surface area contributed by atoms with Crippen LogP contribution >= 0.6 is 22.9 Å². The summed E-state index contributed by atoms with van der Waals surface area (Å²) in [5, 5.41) is 18.5. The lowest BCUT2D eigenvalue weighted by Gasteiger charge is -2.05. The number of hydrogen-bond acceptors (Lipinski definition) is 6. The van der Waals surface area contributed by atoms with E-state index in [0.29, 0.717) is 26.7 Å². The van der Waals surface area contributed by atoms with E-state index in [4.69, 9.17) is 11.6 Å². The van der Waals surface area contributed by atoms with Crippen molar-refractivity contribution in [2.75, 3.05) is 5.32 Å². The van der Waals surface area contributed by atoms with Crippen LogP contribution in [0.3, 0.4) is 0 Å². The van der Waals surface area contributed by atoms with E-state index >= 15 is 0 Å². The third-order valence-electron chi connectivity index (χ3n) is 4.63. The number of nitrogens with one attached hydrogen (secondary N) is 2. The van der Waals surface area contributed by atoms with Gasteiger partial charge in [-0.05, 0) is 48.0 Å². The molecule has 0 saturated carbocycles. The molecule has 8 nitrogen and oxygen atoms in total. The van der Waals surface area contributed by atoms with Gasteiger partial charge in [-0.1, -0.05) is 29.8 Å². The van der Waals surface area contributed by atoms with Gasteiger partial charge in [0.2, 0.25) is 0 Å². The Hall–Kier alpha value is -4.08. The highest BCUT2D eigenvalue weighted by Gasteiger charge is 2.17. The molecule has 0 unspecified atom stereocenters. The molecular weight excluding hydrogens is 464 g/mol. The fraction of sp³-hybridized carbons (Fsp3) is 0. The zero-order valence-electron chi connectivity index (χ0n) is 16.8. The van der Waals surface area contributed by atoms with Gasteiger partial charge in [0, 0.05) is 33.5 Å². The third kappa shape index (κ3) is 5.05. The summed E-state index contributed by atoms with van der Waals surface area (Å²) in [4.78, 5) is 35.5. The molecule has 2 amide bonds. The van der Waals surface area contributed by atoms with Gasteiger partial charge in [-0.15, -0.1) is 11.3 Å². The Bertz CT molecular complexity index is 1380. The van der Waals surface area contributed by atoms with Gasteiger partial charge in [-0.2, -0.15) is 5.10 Å². The molecule has 0 aliphatic rings. The monoisotopic (exact) mass is 478 g/mol. The summed E-state index contributed by atoms with van der Waals surface area (Å²) in [5.41, 5.74) is 3.81. The van der Waals surface area contributed by atoms with Crippen molar-refractivity contribution in [2.24, 2.45) is 5.10 Å². The maximum atomic E-state index is 12.6. The number of thiophene rings is 1. The Morgan fingerprint density at radius 2 is 1.67 bits per heavy atom. The van der Waals surface area contributed by atoms with Crippen molar-refractivity contribution in [1.29, 1.82) is 0 Å². The van der Waals surface area contributed by atoms with Crippen molar-refractivity contribution in [3.8, 4) is 0 Å². The number of nitro benzene ring substituents is 1. The zero-order chi connectivity index (χ0) is 23.4. The standard InChI is InChI=1S/C23H15ClN4O4S/c24-20-18-3-1-2-4-19(18)33-21(20)23(30)26-16-9-7-15(8-10-16)22(29)27-25-13-14-5-11-17(12-6-14)28(31)32/h1-13H,(H,26,30)(H,27,29)/b25-13-. The minimum atomic E-state index is -0.494. The predicted molar refractivity (Wildman–Crippen MR) is 129 cm³/mol. The number of carbonyl (C=O) groups is 2. The fourth-order valence-electron chi connectivity index (χ4n) is 2.96. The molecule has 0 spiro atoms. The molecular formula is C23H15ClN4O4S. The first-order valence-electron chi connectivity index (χ1n) is 9.58. The summed E-state index contributed by atoms with van der Waals surface area (Å²) in [6, 6.07) is 19.6. The number of fused-ring (bicyclic) bond motifs is 1. The molecule has 4 rings (SSSR count). The lowest BCUT2D eigenvalue weighted by molar-refractivity contribution is -0.384. The second-order valence-corrected chi connectivity index (χ2v) is 8.25. The van der Waals surface area contributed by atoms with E-state index in [9.17, 15) is 19.7 Å². The number of amides is 2. The predicted octanol–water partition coefficient (Wildman–Crippen LogP) is 5.48. The van der Waals surface area contributed by atoms with E-state index in [1.165, 1.54) is 41.8 Å². The van der Waals surface area contributed by atoms with Crippen LogP contribution in [0.15, 0.2) is 77.9 Å². The summed E-state index contributed by atoms with van der Waals surface area (Å²) in [6.07, 6.45) is 1.38. The molecule has 0 bridgehead atoms. The largest absolute Gasteiger partial charge is 0.321 e. The summed E-state index contributed by atoms with van der Waals surface area (Å²) < 4.78 is 0.925. The van der Waals surface area contributed by atoms with E-state index in [2.05, 4.69) is 15.8 Å². The summed E-state index contributed by atoms with van der Waals surface area (Å²) >= 11 is 7.66. The number of anilines is 1. The van der Waals surface area contributed by atoms with Crippen LogP contribution < -0.4 is 10.7 Å². The number of nitrogens with zero attached hydrogens (tertiary/aromatic N) is 2. The highest BCUT2D eigenvalue weighted by molar-refractivity contribution is 7.21. The lowest BCUT2D eigenvalue weighted by Crippen LogP contribution is -2.17. The minimum Gasteiger partial charge on any atom is -0.321 e. The smallest absolute Gasteiger partial charge is 0.271 e. The van der Waals surface area contributed by atoms with Gasteiger partial charge in [0.15, 0.2) is 0 Å². The Kier molecular flexibility index (Phi) is 6.43. The lowest BCUT2D eigenvalue weighted by atomic mass is 10.2. The molecule has 1 aromatic heterocycles. The van der Waals surface area contributed by atoms with E-state index in [-0.39, 0.29) is 11.6 Å². The first-order valence-corrected chi connectivity index (χ1v) is 10.8. The number of halogens is 1. The van der Waals surface area contributed by atoms with Gasteiger partial charge in [0.1, 0.15) is 4.88 Å². The minimum absolute atomic E-state index is 0.0296. The Morgan fingerprint density at radius 3 is 2.33 bits per heavy atom. The topological polar surface area (TPSA) is 114 Å². The van der Waals surface area contributed by atoms with E-state index in [1.807, 2.05) is 24.3 Å². The SMILES string of the molecule is O=C(N/N=C\c1ccc([N+](=O)[O-])cc1)c1ccc(NC(=O)c2sc3ccccc3c2Cl)cc1. The number of non-ortho nitro benzene ring substituents is 1. The molecule has 0 aliphatic carbocycles. The van der Waals surface area contributed by atoms with Gasteiger partial charge in [-0.25, -0.2) is 5.43 Å². The quantitative estimate of drug-likeness (QED) is 0.217. The van der Waals surface area contributed by atoms with Gasteiger partial charge in [0.25, 0.3) is 17.5 Å². The molecule has 2 N–H and O–H groups in total. The maximum absolute atomic E-state index is 12.6. The average molecular weight is 479 g/mol. The first kappa shape index (κ1) is 22.1. The van der Waals surface area contributed by atoms with Gasteiger partial charge < -0.3 is 5.32 Å². The molecule has 1 heterocycles. The Balaban J connectivity index is 1.37. The second-order valence-electron chi connectivity index (χ2n) is 6.82. The molecule has 0 saturated heterocycles. The van der Waals surface area contributed by atoms with Crippen LogP contribution in [-0.2, 0) is 0 Å². The van der Waals surface area contributed by atoms with Gasteiger partial charge >= 0.3 is 0 Å². The van der Waals surface area contributed by atoms with Crippen LogP contribution in [0.1, 0.15) is 25.6 Å². The second kappa shape index (κ2) is 9.60. The molecule has 0 fully saturated rings. The molecule has 3 aromatic carbocycles. The number of hydrazone groups is 1. The fourth-order valence-corrected chi connectivity index (χ4v) is 4.38. The van der Waals surface area contributed by atoms with E-state index in [1.54, 1.807) is 24.3 Å². The van der Waals surface area contributed by atoms with Crippen LogP contribution in [0.4, 0.5) is 11.4 Å². The van der Waals surface area contributed by atoms with Crippen LogP contribution in [-0.4, -0.2) is 23.0 Å². The molecule has 4 aromatic rings. The molecule has 10 heteroatoms. The number of rotatable bonds is 6. The molecule has 0 aliphatic heterocycles. The van der Waals surface area contributed by atoms with Crippen molar-refractivity contribution in [2.45, 2.75) is 0 Å². The number of carbonyl (C=O) groups excluding carboxylic acids is 2. The summed E-state index contributed by atoms with van der Waals surface area (Å²) in [5.74, 6) is -0.773. The Morgan fingerprint density at radius 1 is 0.970 bits per heavy atom. The van der Waals surface area contributed by atoms with Crippen molar-refractivity contribution in [1.82, 2.24) is 5.43 Å². The molecule has 164 valence electrons.